The van der Waals surface area contributed by atoms with Crippen molar-refractivity contribution in [3.8, 4) is 11.3 Å². The second-order valence-electron chi connectivity index (χ2n) is 4.58. The highest BCUT2D eigenvalue weighted by molar-refractivity contribution is 9.10. The summed E-state index contributed by atoms with van der Waals surface area (Å²) in [4.78, 5) is 4.31. The van der Waals surface area contributed by atoms with Crippen molar-refractivity contribution in [2.24, 2.45) is 0 Å². The van der Waals surface area contributed by atoms with Crippen LogP contribution in [-0.2, 0) is 11.2 Å². The van der Waals surface area contributed by atoms with E-state index in [1.54, 1.807) is 13.3 Å². The molecule has 0 aliphatic heterocycles. The number of nitrogens with one attached hydrogen (secondary N) is 1. The van der Waals surface area contributed by atoms with Gasteiger partial charge in [-0.05, 0) is 24.6 Å². The zero-order chi connectivity index (χ0) is 14.4. The van der Waals surface area contributed by atoms with Crippen molar-refractivity contribution in [3.63, 3.8) is 0 Å². The number of nitrogens with zero attached hydrogens (tertiary/aromatic N) is 1. The third-order valence-corrected chi connectivity index (χ3v) is 3.88. The third-order valence-electron chi connectivity index (χ3n) is 2.99. The maximum absolute atomic E-state index is 5.77. The fraction of sp³-hybridized carbons (Fsp3) is 0.400. The van der Waals surface area contributed by atoms with Gasteiger partial charge in [-0.2, -0.15) is 0 Å². The molecule has 0 saturated heterocycles. The van der Waals surface area contributed by atoms with Crippen molar-refractivity contribution < 1.29 is 9.15 Å². The molecule has 0 atom stereocenters. The van der Waals surface area contributed by atoms with E-state index in [9.17, 15) is 0 Å². The van der Waals surface area contributed by atoms with Gasteiger partial charge in [-0.15, -0.1) is 0 Å². The predicted molar refractivity (Wildman–Crippen MR) is 82.8 cm³/mol. The highest BCUT2D eigenvalue weighted by Gasteiger charge is 2.07. The zero-order valence-electron chi connectivity index (χ0n) is 11.8. The maximum atomic E-state index is 5.77. The molecule has 0 radical (unpaired) electrons. The summed E-state index contributed by atoms with van der Waals surface area (Å²) in [6, 6.07) is 6.14. The van der Waals surface area contributed by atoms with E-state index in [-0.39, 0.29) is 0 Å². The minimum atomic E-state index is 0.717. The lowest BCUT2D eigenvalue weighted by Crippen LogP contribution is -2.21. The van der Waals surface area contributed by atoms with Gasteiger partial charge in [0.15, 0.2) is 11.7 Å². The van der Waals surface area contributed by atoms with Gasteiger partial charge in [-0.1, -0.05) is 22.0 Å². The topological polar surface area (TPSA) is 47.3 Å². The molecule has 2 aromatic rings. The lowest BCUT2D eigenvalue weighted by Gasteiger charge is -2.02. The summed E-state index contributed by atoms with van der Waals surface area (Å²) in [5, 5.41) is 3.27. The number of rotatable bonds is 7. The second-order valence-corrected chi connectivity index (χ2v) is 5.43. The number of benzene rings is 1. The fourth-order valence-corrected chi connectivity index (χ4v) is 2.10. The first-order valence-corrected chi connectivity index (χ1v) is 7.41. The molecule has 0 amide bonds. The summed E-state index contributed by atoms with van der Waals surface area (Å²) in [6.45, 7) is 4.46. The molecule has 0 aliphatic rings. The quantitative estimate of drug-likeness (QED) is 0.787. The first-order chi connectivity index (χ1) is 9.70. The number of aryl methyl sites for hydroxylation is 1. The Hall–Kier alpha value is -1.17. The number of methoxy groups -OCH3 is 1. The first-order valence-electron chi connectivity index (χ1n) is 6.61. The van der Waals surface area contributed by atoms with Gasteiger partial charge in [0.25, 0.3) is 0 Å². The molecule has 0 aliphatic carbocycles. The molecule has 0 saturated carbocycles. The van der Waals surface area contributed by atoms with Crippen LogP contribution in [0.25, 0.3) is 11.3 Å². The lowest BCUT2D eigenvalue weighted by molar-refractivity contribution is 0.199. The molecule has 0 spiro atoms. The number of aromatic nitrogens is 1. The standard InChI is InChI=1S/C15H19BrN2O2/c1-11-9-12(3-4-13(11)16)14-10-18-15(20-14)5-6-17-7-8-19-2/h3-4,9-10,17H,5-8H2,1-2H3. The van der Waals surface area contributed by atoms with Crippen molar-refractivity contribution in [1.29, 1.82) is 0 Å². The van der Waals surface area contributed by atoms with Crippen molar-refractivity contribution >= 4 is 15.9 Å². The SMILES string of the molecule is COCCNCCc1ncc(-c2ccc(Br)c(C)c2)o1. The van der Waals surface area contributed by atoms with E-state index in [0.717, 1.165) is 47.8 Å². The largest absolute Gasteiger partial charge is 0.441 e. The molecule has 4 nitrogen and oxygen atoms in total. The normalized spacial score (nSPS) is 10.9. The van der Waals surface area contributed by atoms with Crippen LogP contribution >= 0.6 is 15.9 Å². The van der Waals surface area contributed by atoms with Gasteiger partial charge >= 0.3 is 0 Å². The summed E-state index contributed by atoms with van der Waals surface area (Å²) in [6.07, 6.45) is 2.56. The van der Waals surface area contributed by atoms with Gasteiger partial charge in [-0.25, -0.2) is 4.98 Å². The average Bonchev–Trinajstić information content (AvgIpc) is 2.90. The molecule has 5 heteroatoms. The molecule has 1 N–H and O–H groups in total. The molecule has 2 rings (SSSR count). The highest BCUT2D eigenvalue weighted by atomic mass is 79.9. The minimum absolute atomic E-state index is 0.717. The molecule has 20 heavy (non-hydrogen) atoms. The van der Waals surface area contributed by atoms with E-state index in [1.165, 1.54) is 5.56 Å². The summed E-state index contributed by atoms with van der Waals surface area (Å²) < 4.78 is 11.8. The number of hydrogen-bond donors (Lipinski definition) is 1. The lowest BCUT2D eigenvalue weighted by atomic mass is 10.1. The van der Waals surface area contributed by atoms with E-state index in [0.29, 0.717) is 0 Å². The third kappa shape index (κ3) is 4.16. The Bertz CT molecular complexity index is 555. The summed E-state index contributed by atoms with van der Waals surface area (Å²) >= 11 is 3.50. The Labute approximate surface area is 127 Å². The van der Waals surface area contributed by atoms with Crippen LogP contribution in [0.1, 0.15) is 11.5 Å². The Morgan fingerprint density at radius 3 is 2.95 bits per heavy atom. The molecule has 0 bridgehead atoms. The Balaban J connectivity index is 1.93. The van der Waals surface area contributed by atoms with E-state index < -0.39 is 0 Å². The summed E-state index contributed by atoms with van der Waals surface area (Å²) in [7, 11) is 1.70. The van der Waals surface area contributed by atoms with Gasteiger partial charge in [0, 0.05) is 36.7 Å². The second kappa shape index (κ2) is 7.57. The molecule has 1 aromatic heterocycles. The van der Waals surface area contributed by atoms with Crippen molar-refractivity contribution in [3.05, 3.63) is 40.3 Å². The first kappa shape index (κ1) is 15.2. The van der Waals surface area contributed by atoms with Crippen LogP contribution in [0.3, 0.4) is 0 Å². The predicted octanol–water partition coefficient (Wildman–Crippen LogP) is 3.19. The number of oxazole rings is 1. The maximum Gasteiger partial charge on any atom is 0.196 e. The van der Waals surface area contributed by atoms with E-state index >= 15 is 0 Å². The zero-order valence-corrected chi connectivity index (χ0v) is 13.4. The number of hydrogen-bond acceptors (Lipinski definition) is 4. The van der Waals surface area contributed by atoms with Crippen LogP contribution in [0.15, 0.2) is 33.3 Å². The molecule has 1 heterocycles. The smallest absolute Gasteiger partial charge is 0.196 e. The van der Waals surface area contributed by atoms with Gasteiger partial charge in [0.1, 0.15) is 0 Å². The number of halogens is 1. The molecule has 0 unspecified atom stereocenters. The van der Waals surface area contributed by atoms with Gasteiger partial charge < -0.3 is 14.5 Å². The minimum Gasteiger partial charge on any atom is -0.441 e. The van der Waals surface area contributed by atoms with Crippen LogP contribution in [0, 0.1) is 6.92 Å². The van der Waals surface area contributed by atoms with Crippen molar-refractivity contribution in [2.75, 3.05) is 26.8 Å². The molecule has 108 valence electrons. The average molecular weight is 339 g/mol. The van der Waals surface area contributed by atoms with E-state index in [2.05, 4.69) is 39.2 Å². The van der Waals surface area contributed by atoms with Crippen LogP contribution in [0.2, 0.25) is 0 Å². The molecule has 1 aromatic carbocycles. The Morgan fingerprint density at radius 2 is 2.20 bits per heavy atom. The van der Waals surface area contributed by atoms with Crippen LogP contribution in [-0.4, -0.2) is 31.8 Å². The van der Waals surface area contributed by atoms with Crippen LogP contribution in [0.5, 0.6) is 0 Å². The van der Waals surface area contributed by atoms with Crippen LogP contribution < -0.4 is 5.32 Å². The summed E-state index contributed by atoms with van der Waals surface area (Å²) in [5.41, 5.74) is 2.23. The van der Waals surface area contributed by atoms with Gasteiger partial charge in [-0.3, -0.25) is 0 Å². The number of ether oxygens (including phenoxy) is 1. The Morgan fingerprint density at radius 1 is 1.35 bits per heavy atom. The monoisotopic (exact) mass is 338 g/mol. The fourth-order valence-electron chi connectivity index (χ4n) is 1.85. The highest BCUT2D eigenvalue weighted by Crippen LogP contribution is 2.25. The van der Waals surface area contributed by atoms with Gasteiger partial charge in [0.2, 0.25) is 0 Å². The van der Waals surface area contributed by atoms with Crippen LogP contribution in [0.4, 0.5) is 0 Å². The van der Waals surface area contributed by atoms with Crippen molar-refractivity contribution in [1.82, 2.24) is 10.3 Å². The molecule has 0 fully saturated rings. The van der Waals surface area contributed by atoms with Gasteiger partial charge in [0.05, 0.1) is 12.8 Å². The Kier molecular flexibility index (Phi) is 5.76. The molecular weight excluding hydrogens is 320 g/mol. The van der Waals surface area contributed by atoms with Crippen molar-refractivity contribution in [2.45, 2.75) is 13.3 Å². The van der Waals surface area contributed by atoms with E-state index in [4.69, 9.17) is 9.15 Å². The summed E-state index contributed by atoms with van der Waals surface area (Å²) in [5.74, 6) is 1.57. The van der Waals surface area contributed by atoms with E-state index in [1.807, 2.05) is 12.1 Å². The molecular formula is C15H19BrN2O2.